The summed E-state index contributed by atoms with van der Waals surface area (Å²) in [6.07, 6.45) is 0.0371. The predicted octanol–water partition coefficient (Wildman–Crippen LogP) is 2.35. The van der Waals surface area contributed by atoms with Crippen molar-refractivity contribution >= 4 is 5.96 Å². The average molecular weight is 307 g/mol. The highest BCUT2D eigenvalue weighted by Crippen LogP contribution is 2.17. The van der Waals surface area contributed by atoms with E-state index in [1.807, 2.05) is 52.0 Å². The van der Waals surface area contributed by atoms with E-state index in [9.17, 15) is 0 Å². The Morgan fingerprint density at radius 2 is 1.95 bits per heavy atom. The van der Waals surface area contributed by atoms with Crippen molar-refractivity contribution in [2.24, 2.45) is 4.99 Å². The van der Waals surface area contributed by atoms with Gasteiger partial charge in [0.15, 0.2) is 5.96 Å². The van der Waals surface area contributed by atoms with Crippen LogP contribution in [0.25, 0.3) is 0 Å². The fourth-order valence-electron chi connectivity index (χ4n) is 1.78. The molecule has 0 bridgehead atoms. The molecule has 1 aromatic rings. The van der Waals surface area contributed by atoms with E-state index in [-0.39, 0.29) is 11.7 Å². The number of para-hydroxylation sites is 1. The zero-order chi connectivity index (χ0) is 16.6. The number of methoxy groups -OCH3 is 1. The topological polar surface area (TPSA) is 54.9 Å². The number of hydrogen-bond donors (Lipinski definition) is 2. The van der Waals surface area contributed by atoms with Crippen LogP contribution in [0.4, 0.5) is 0 Å². The van der Waals surface area contributed by atoms with Crippen molar-refractivity contribution in [3.63, 3.8) is 0 Å². The van der Waals surface area contributed by atoms with Crippen LogP contribution in [0, 0.1) is 6.92 Å². The molecule has 0 aliphatic heterocycles. The average Bonchev–Trinajstić information content (AvgIpc) is 2.50. The molecule has 0 aliphatic carbocycles. The highest BCUT2D eigenvalue weighted by atomic mass is 16.5. The van der Waals surface area contributed by atoms with Gasteiger partial charge >= 0.3 is 0 Å². The number of nitrogens with one attached hydrogen (secondary N) is 2. The molecule has 0 aliphatic rings. The minimum atomic E-state index is -0.235. The van der Waals surface area contributed by atoms with E-state index in [0.29, 0.717) is 13.1 Å². The van der Waals surface area contributed by atoms with Gasteiger partial charge in [0.25, 0.3) is 0 Å². The lowest BCUT2D eigenvalue weighted by Crippen LogP contribution is -2.47. The number of rotatable bonds is 7. The van der Waals surface area contributed by atoms with Gasteiger partial charge in [0.1, 0.15) is 11.9 Å². The van der Waals surface area contributed by atoms with Crippen molar-refractivity contribution in [1.82, 2.24) is 10.6 Å². The van der Waals surface area contributed by atoms with Gasteiger partial charge in [-0.2, -0.15) is 0 Å². The van der Waals surface area contributed by atoms with Crippen LogP contribution < -0.4 is 15.4 Å². The van der Waals surface area contributed by atoms with E-state index in [0.717, 1.165) is 17.3 Å². The third-order valence-corrected chi connectivity index (χ3v) is 3.44. The van der Waals surface area contributed by atoms with Gasteiger partial charge in [-0.3, -0.25) is 4.99 Å². The molecule has 0 fully saturated rings. The molecule has 1 unspecified atom stereocenters. The molecular formula is C17H29N3O2. The number of nitrogens with zero attached hydrogens (tertiary/aromatic N) is 1. The minimum absolute atomic E-state index is 0.0371. The minimum Gasteiger partial charge on any atom is -0.489 e. The molecule has 0 radical (unpaired) electrons. The fraction of sp³-hybridized carbons (Fsp3) is 0.588. The first-order chi connectivity index (χ1) is 10.4. The summed E-state index contributed by atoms with van der Waals surface area (Å²) in [6.45, 7) is 9.47. The Hall–Kier alpha value is -1.75. The molecule has 22 heavy (non-hydrogen) atoms. The standard InChI is InChI=1S/C17H29N3O2/c1-13-9-7-8-10-15(13)22-14(2)11-19-16(18-5)20-12-17(3,4)21-6/h7-10,14H,11-12H2,1-6H3,(H2,18,19,20). The second-order valence-electron chi connectivity index (χ2n) is 5.96. The zero-order valence-electron chi connectivity index (χ0n) is 14.6. The number of guanidine groups is 1. The van der Waals surface area contributed by atoms with Crippen LogP contribution in [0.5, 0.6) is 5.75 Å². The molecule has 0 saturated heterocycles. The molecule has 5 heteroatoms. The molecule has 0 spiro atoms. The first kappa shape index (κ1) is 18.3. The number of ether oxygens (including phenoxy) is 2. The van der Waals surface area contributed by atoms with Crippen LogP contribution in [0.3, 0.4) is 0 Å². The molecule has 0 heterocycles. The summed E-state index contributed by atoms with van der Waals surface area (Å²) < 4.78 is 11.3. The van der Waals surface area contributed by atoms with Crippen molar-refractivity contribution in [3.8, 4) is 5.75 Å². The van der Waals surface area contributed by atoms with Gasteiger partial charge in [-0.15, -0.1) is 0 Å². The largest absolute Gasteiger partial charge is 0.489 e. The summed E-state index contributed by atoms with van der Waals surface area (Å²) in [5.74, 6) is 1.66. The van der Waals surface area contributed by atoms with E-state index in [1.165, 1.54) is 0 Å². The van der Waals surface area contributed by atoms with Crippen LogP contribution in [-0.4, -0.2) is 44.9 Å². The van der Waals surface area contributed by atoms with Crippen LogP contribution in [0.2, 0.25) is 0 Å². The number of benzene rings is 1. The molecule has 5 nitrogen and oxygen atoms in total. The molecular weight excluding hydrogens is 278 g/mol. The molecule has 1 rings (SSSR count). The van der Waals surface area contributed by atoms with Crippen molar-refractivity contribution in [2.45, 2.75) is 39.4 Å². The van der Waals surface area contributed by atoms with Gasteiger partial charge in [0.2, 0.25) is 0 Å². The summed E-state index contributed by atoms with van der Waals surface area (Å²) in [6, 6.07) is 8.02. The normalized spacial score (nSPS) is 13.6. The second kappa shape index (κ2) is 8.63. The molecule has 1 atom stereocenters. The number of aryl methyl sites for hydroxylation is 1. The van der Waals surface area contributed by atoms with Gasteiger partial charge in [0.05, 0.1) is 12.1 Å². The summed E-state index contributed by atoms with van der Waals surface area (Å²) in [4.78, 5) is 4.21. The summed E-state index contributed by atoms with van der Waals surface area (Å²) in [7, 11) is 3.46. The van der Waals surface area contributed by atoms with Gasteiger partial charge in [0, 0.05) is 20.7 Å². The first-order valence-corrected chi connectivity index (χ1v) is 7.60. The Kier molecular flexibility index (Phi) is 7.18. The third-order valence-electron chi connectivity index (χ3n) is 3.44. The number of aliphatic imine (C=N–C) groups is 1. The van der Waals surface area contributed by atoms with E-state index in [1.54, 1.807) is 14.2 Å². The van der Waals surface area contributed by atoms with Crippen molar-refractivity contribution in [2.75, 3.05) is 27.2 Å². The maximum atomic E-state index is 5.94. The highest BCUT2D eigenvalue weighted by molar-refractivity contribution is 5.79. The van der Waals surface area contributed by atoms with Gasteiger partial charge in [-0.05, 0) is 39.3 Å². The lowest BCUT2D eigenvalue weighted by molar-refractivity contribution is 0.0268. The smallest absolute Gasteiger partial charge is 0.191 e. The SMILES string of the molecule is CN=C(NCC(C)Oc1ccccc1C)NCC(C)(C)OC. The number of hydrogen-bond acceptors (Lipinski definition) is 3. The molecule has 124 valence electrons. The molecule has 1 aromatic carbocycles. The van der Waals surface area contributed by atoms with E-state index < -0.39 is 0 Å². The third kappa shape index (κ3) is 6.35. The zero-order valence-corrected chi connectivity index (χ0v) is 14.6. The van der Waals surface area contributed by atoms with Crippen molar-refractivity contribution < 1.29 is 9.47 Å². The molecule has 0 amide bonds. The van der Waals surface area contributed by atoms with E-state index in [4.69, 9.17) is 9.47 Å². The quantitative estimate of drug-likeness (QED) is 0.600. The van der Waals surface area contributed by atoms with Crippen molar-refractivity contribution in [3.05, 3.63) is 29.8 Å². The Balaban J connectivity index is 2.42. The van der Waals surface area contributed by atoms with Crippen LogP contribution in [0.15, 0.2) is 29.3 Å². The summed E-state index contributed by atoms with van der Waals surface area (Å²) >= 11 is 0. The van der Waals surface area contributed by atoms with Crippen molar-refractivity contribution in [1.29, 1.82) is 0 Å². The van der Waals surface area contributed by atoms with Gasteiger partial charge in [-0.25, -0.2) is 0 Å². The van der Waals surface area contributed by atoms with Gasteiger partial charge < -0.3 is 20.1 Å². The second-order valence-corrected chi connectivity index (χ2v) is 5.96. The van der Waals surface area contributed by atoms with Crippen LogP contribution in [-0.2, 0) is 4.74 Å². The molecule has 2 N–H and O–H groups in total. The maximum Gasteiger partial charge on any atom is 0.191 e. The lowest BCUT2D eigenvalue weighted by Gasteiger charge is -2.25. The molecule has 0 saturated carbocycles. The van der Waals surface area contributed by atoms with Gasteiger partial charge in [-0.1, -0.05) is 18.2 Å². The first-order valence-electron chi connectivity index (χ1n) is 7.60. The summed E-state index contributed by atoms with van der Waals surface area (Å²) in [5.41, 5.74) is 0.902. The molecule has 0 aromatic heterocycles. The van der Waals surface area contributed by atoms with Crippen LogP contribution >= 0.6 is 0 Å². The van der Waals surface area contributed by atoms with E-state index in [2.05, 4.69) is 15.6 Å². The summed E-state index contributed by atoms with van der Waals surface area (Å²) in [5, 5.41) is 6.51. The Morgan fingerprint density at radius 1 is 1.27 bits per heavy atom. The Morgan fingerprint density at radius 3 is 2.55 bits per heavy atom. The Labute approximate surface area is 134 Å². The van der Waals surface area contributed by atoms with E-state index >= 15 is 0 Å². The predicted molar refractivity (Wildman–Crippen MR) is 91.7 cm³/mol. The lowest BCUT2D eigenvalue weighted by atomic mass is 10.1. The van der Waals surface area contributed by atoms with Crippen LogP contribution in [0.1, 0.15) is 26.3 Å². The maximum absolute atomic E-state index is 5.94. The highest BCUT2D eigenvalue weighted by Gasteiger charge is 2.16. The Bertz CT molecular complexity index is 487. The fourth-order valence-corrected chi connectivity index (χ4v) is 1.78. The monoisotopic (exact) mass is 307 g/mol.